The Balaban J connectivity index is 1.50. The van der Waals surface area contributed by atoms with Gasteiger partial charge in [-0.25, -0.2) is 18.4 Å². The van der Waals surface area contributed by atoms with Gasteiger partial charge in [0.1, 0.15) is 37.1 Å². The first-order valence-corrected chi connectivity index (χ1v) is 14.1. The Hall–Kier alpha value is -4.80. The molecule has 0 aromatic heterocycles. The van der Waals surface area contributed by atoms with Gasteiger partial charge in [-0.15, -0.1) is 0 Å². The van der Waals surface area contributed by atoms with Crippen LogP contribution in [0.15, 0.2) is 109 Å². The van der Waals surface area contributed by atoms with Crippen LogP contribution in [0.3, 0.4) is 0 Å². The lowest BCUT2D eigenvalue weighted by Crippen LogP contribution is -2.57. The van der Waals surface area contributed by atoms with Gasteiger partial charge in [0.15, 0.2) is 0 Å². The van der Waals surface area contributed by atoms with E-state index in [1.54, 1.807) is 48.5 Å². The maximum Gasteiger partial charge on any atom is 0.407 e. The molecule has 8 nitrogen and oxygen atoms in total. The zero-order valence-corrected chi connectivity index (χ0v) is 23.8. The Morgan fingerprint density at radius 3 is 1.23 bits per heavy atom. The van der Waals surface area contributed by atoms with E-state index in [9.17, 15) is 28.6 Å². The minimum absolute atomic E-state index is 0.000660. The fourth-order valence-corrected chi connectivity index (χ4v) is 4.57. The molecule has 0 unspecified atom stereocenters. The monoisotopic (exact) mass is 604 g/mol. The van der Waals surface area contributed by atoms with Crippen LogP contribution in [0.1, 0.15) is 22.3 Å². The highest BCUT2D eigenvalue weighted by Gasteiger charge is 2.35. The summed E-state index contributed by atoms with van der Waals surface area (Å²) in [5.41, 5.74) is 2.62. The molecule has 44 heavy (non-hydrogen) atoms. The number of hydrogen-bond donors (Lipinski definition) is 4. The predicted molar refractivity (Wildman–Crippen MR) is 159 cm³/mol. The summed E-state index contributed by atoms with van der Waals surface area (Å²) in [4.78, 5) is 25.6. The van der Waals surface area contributed by atoms with Crippen LogP contribution < -0.4 is 10.6 Å². The van der Waals surface area contributed by atoms with Crippen molar-refractivity contribution in [1.29, 1.82) is 0 Å². The normalized spacial score (nSPS) is 13.6. The summed E-state index contributed by atoms with van der Waals surface area (Å²) in [5.74, 6) is -0.919. The van der Waals surface area contributed by atoms with Crippen molar-refractivity contribution >= 4 is 12.2 Å². The molecule has 0 spiro atoms. The molecular formula is C34H34F2N2O6. The summed E-state index contributed by atoms with van der Waals surface area (Å²) in [6.07, 6.45) is -4.97. The minimum Gasteiger partial charge on any atom is -0.445 e. The Morgan fingerprint density at radius 1 is 0.545 bits per heavy atom. The van der Waals surface area contributed by atoms with Gasteiger partial charge in [-0.05, 0) is 59.4 Å². The van der Waals surface area contributed by atoms with Crippen molar-refractivity contribution < 1.29 is 38.1 Å². The van der Waals surface area contributed by atoms with E-state index in [1.807, 2.05) is 12.1 Å². The van der Waals surface area contributed by atoms with Crippen LogP contribution in [0, 0.1) is 11.6 Å². The maximum atomic E-state index is 13.6. The quantitative estimate of drug-likeness (QED) is 0.170. The molecule has 4 atom stereocenters. The van der Waals surface area contributed by atoms with Gasteiger partial charge < -0.3 is 30.3 Å². The Labute approximate surface area is 254 Å². The summed E-state index contributed by atoms with van der Waals surface area (Å²) in [5, 5.41) is 28.0. The molecule has 0 saturated heterocycles. The lowest BCUT2D eigenvalue weighted by molar-refractivity contribution is -0.0240. The molecule has 4 rings (SSSR count). The van der Waals surface area contributed by atoms with Gasteiger partial charge in [-0.1, -0.05) is 84.9 Å². The second kappa shape index (κ2) is 16.2. The van der Waals surface area contributed by atoms with E-state index in [0.717, 1.165) is 11.1 Å². The average Bonchev–Trinajstić information content (AvgIpc) is 3.04. The van der Waals surface area contributed by atoms with Gasteiger partial charge in [0.25, 0.3) is 0 Å². The van der Waals surface area contributed by atoms with Crippen molar-refractivity contribution in [3.63, 3.8) is 0 Å². The molecule has 0 heterocycles. The first-order chi connectivity index (χ1) is 21.3. The summed E-state index contributed by atoms with van der Waals surface area (Å²) in [6.45, 7) is -0.0623. The molecule has 230 valence electrons. The number of alkyl carbamates (subject to hydrolysis) is 2. The third-order valence-corrected chi connectivity index (χ3v) is 6.94. The summed E-state index contributed by atoms with van der Waals surface area (Å²) in [6, 6.07) is 26.7. The molecule has 0 aliphatic rings. The van der Waals surface area contributed by atoms with Crippen molar-refractivity contribution in [3.05, 3.63) is 143 Å². The number of carbonyl (C=O) groups excluding carboxylic acids is 2. The number of nitrogens with one attached hydrogen (secondary N) is 2. The van der Waals surface area contributed by atoms with Gasteiger partial charge >= 0.3 is 12.2 Å². The SMILES string of the molecule is O=C(N[C@H](Cc1ccc(F)cc1)[C@H](O)[C@@H](O)[C@@H](Cc1ccc(F)cc1)NC(=O)OCc1ccccc1)OCc1ccccc1. The van der Waals surface area contributed by atoms with E-state index in [1.165, 1.54) is 48.5 Å². The number of rotatable bonds is 13. The van der Waals surface area contributed by atoms with Crippen LogP contribution in [0.25, 0.3) is 0 Å². The lowest BCUT2D eigenvalue weighted by atomic mass is 9.91. The largest absolute Gasteiger partial charge is 0.445 e. The molecule has 4 aromatic rings. The second-order valence-corrected chi connectivity index (χ2v) is 10.3. The standard InChI is InChI=1S/C34H34F2N2O6/c35-27-15-11-23(12-16-27)19-29(37-33(41)43-21-25-7-3-1-4-8-25)31(39)32(40)30(20-24-13-17-28(36)18-14-24)38-34(42)44-22-26-9-5-2-6-10-26/h1-18,29-32,39-40H,19-22H2,(H,37,41)(H,38,42)/t29-,30-,31+,32+/m1/s1. The molecule has 0 saturated carbocycles. The summed E-state index contributed by atoms with van der Waals surface area (Å²) < 4.78 is 37.8. The van der Waals surface area contributed by atoms with E-state index >= 15 is 0 Å². The average molecular weight is 605 g/mol. The van der Waals surface area contributed by atoms with Crippen molar-refractivity contribution in [2.45, 2.75) is 50.3 Å². The van der Waals surface area contributed by atoms with E-state index < -0.39 is 48.1 Å². The molecule has 4 N–H and O–H groups in total. The number of ether oxygens (including phenoxy) is 2. The highest BCUT2D eigenvalue weighted by atomic mass is 19.1. The van der Waals surface area contributed by atoms with Crippen LogP contribution in [0.5, 0.6) is 0 Å². The summed E-state index contributed by atoms with van der Waals surface area (Å²) >= 11 is 0. The number of aliphatic hydroxyl groups excluding tert-OH is 2. The van der Waals surface area contributed by atoms with Crippen molar-refractivity contribution in [2.75, 3.05) is 0 Å². The zero-order chi connectivity index (χ0) is 31.3. The Bertz CT molecular complexity index is 1340. The van der Waals surface area contributed by atoms with Crippen LogP contribution in [0.4, 0.5) is 18.4 Å². The molecule has 0 fully saturated rings. The number of hydrogen-bond acceptors (Lipinski definition) is 6. The smallest absolute Gasteiger partial charge is 0.407 e. The van der Waals surface area contributed by atoms with Crippen LogP contribution in [-0.4, -0.2) is 46.7 Å². The van der Waals surface area contributed by atoms with Gasteiger partial charge in [0, 0.05) is 0 Å². The molecule has 0 aliphatic carbocycles. The Kier molecular flexibility index (Phi) is 11.8. The van der Waals surface area contributed by atoms with Crippen LogP contribution in [0.2, 0.25) is 0 Å². The molecule has 0 radical (unpaired) electrons. The van der Waals surface area contributed by atoms with Crippen LogP contribution >= 0.6 is 0 Å². The maximum absolute atomic E-state index is 13.6. The molecular weight excluding hydrogens is 570 g/mol. The third-order valence-electron chi connectivity index (χ3n) is 6.94. The number of halogens is 2. The van der Waals surface area contributed by atoms with Crippen molar-refractivity contribution in [1.82, 2.24) is 10.6 Å². The number of aliphatic hydroxyl groups is 2. The third kappa shape index (κ3) is 10.2. The van der Waals surface area contributed by atoms with Crippen molar-refractivity contribution in [3.8, 4) is 0 Å². The molecule has 4 aromatic carbocycles. The van der Waals surface area contributed by atoms with E-state index in [-0.39, 0.29) is 26.1 Å². The van der Waals surface area contributed by atoms with E-state index in [2.05, 4.69) is 10.6 Å². The fraction of sp³-hybridized carbons (Fsp3) is 0.235. The molecule has 10 heteroatoms. The second-order valence-electron chi connectivity index (χ2n) is 10.3. The van der Waals surface area contributed by atoms with Crippen LogP contribution in [-0.2, 0) is 35.5 Å². The number of amides is 2. The highest BCUT2D eigenvalue weighted by molar-refractivity contribution is 5.68. The first kappa shape index (κ1) is 32.1. The van der Waals surface area contributed by atoms with Gasteiger partial charge in [-0.2, -0.15) is 0 Å². The molecule has 0 bridgehead atoms. The Morgan fingerprint density at radius 2 is 0.886 bits per heavy atom. The lowest BCUT2D eigenvalue weighted by Gasteiger charge is -2.32. The summed E-state index contributed by atoms with van der Waals surface area (Å²) in [7, 11) is 0. The predicted octanol–water partition coefficient (Wildman–Crippen LogP) is 5.06. The van der Waals surface area contributed by atoms with E-state index in [0.29, 0.717) is 11.1 Å². The van der Waals surface area contributed by atoms with Crippen molar-refractivity contribution in [2.24, 2.45) is 0 Å². The number of carbonyl (C=O) groups is 2. The van der Waals surface area contributed by atoms with E-state index in [4.69, 9.17) is 9.47 Å². The number of benzene rings is 4. The van der Waals surface area contributed by atoms with Gasteiger partial charge in [0.2, 0.25) is 0 Å². The minimum atomic E-state index is -1.63. The van der Waals surface area contributed by atoms with Gasteiger partial charge in [-0.3, -0.25) is 0 Å². The first-order valence-electron chi connectivity index (χ1n) is 14.1. The molecule has 2 amide bonds. The molecule has 0 aliphatic heterocycles. The fourth-order valence-electron chi connectivity index (χ4n) is 4.57. The van der Waals surface area contributed by atoms with Gasteiger partial charge in [0.05, 0.1) is 12.1 Å². The highest BCUT2D eigenvalue weighted by Crippen LogP contribution is 2.17. The zero-order valence-electron chi connectivity index (χ0n) is 23.8. The topological polar surface area (TPSA) is 117 Å².